The third-order valence-electron chi connectivity index (χ3n) is 5.44. The Labute approximate surface area is 196 Å². The van der Waals surface area contributed by atoms with Crippen LogP contribution in [-0.4, -0.2) is 40.8 Å². The van der Waals surface area contributed by atoms with Crippen molar-refractivity contribution < 1.29 is 19.1 Å². The minimum Gasteiger partial charge on any atom is -0.445 e. The first-order valence-corrected chi connectivity index (χ1v) is 11.7. The number of benzene rings is 1. The fraction of sp³-hybridized carbons (Fsp3) is 0.500. The van der Waals surface area contributed by atoms with Crippen molar-refractivity contribution in [3.8, 4) is 0 Å². The Hall–Kier alpha value is -3.09. The number of nitrogens with zero attached hydrogens (tertiary/aromatic N) is 3. The molecule has 0 spiro atoms. The molecule has 2 heterocycles. The summed E-state index contributed by atoms with van der Waals surface area (Å²) < 4.78 is 11.3. The minimum absolute atomic E-state index is 0.215. The molecule has 2 amide bonds. The highest BCUT2D eigenvalue weighted by molar-refractivity contribution is 5.87. The molecule has 0 N–H and O–H groups in total. The highest BCUT2D eigenvalue weighted by atomic mass is 16.6. The molecule has 1 atom stereocenters. The maximum Gasteiger partial charge on any atom is 0.416 e. The number of hydrogen-bond donors (Lipinski definition) is 0. The number of ether oxygens (including phenoxy) is 2. The van der Waals surface area contributed by atoms with E-state index in [9.17, 15) is 9.59 Å². The molecule has 1 aromatic carbocycles. The predicted molar refractivity (Wildman–Crippen MR) is 128 cm³/mol. The predicted octanol–water partition coefficient (Wildman–Crippen LogP) is 6.10. The SMILES string of the molecule is CCCN(C(=O)OC(C)(C)C)c1ncccc1[C@@H]1CCCCN1C(=O)OCc1ccccc1. The summed E-state index contributed by atoms with van der Waals surface area (Å²) in [6, 6.07) is 13.2. The second kappa shape index (κ2) is 11.2. The molecule has 0 saturated carbocycles. The van der Waals surface area contributed by atoms with Crippen molar-refractivity contribution in [1.82, 2.24) is 9.88 Å². The van der Waals surface area contributed by atoms with Gasteiger partial charge in [-0.15, -0.1) is 0 Å². The van der Waals surface area contributed by atoms with Gasteiger partial charge in [0.05, 0.1) is 6.04 Å². The van der Waals surface area contributed by atoms with Crippen molar-refractivity contribution in [3.05, 3.63) is 59.8 Å². The van der Waals surface area contributed by atoms with Gasteiger partial charge in [0.2, 0.25) is 0 Å². The molecule has 3 rings (SSSR count). The van der Waals surface area contributed by atoms with Gasteiger partial charge >= 0.3 is 12.2 Å². The van der Waals surface area contributed by atoms with E-state index in [-0.39, 0.29) is 18.7 Å². The van der Waals surface area contributed by atoms with Crippen molar-refractivity contribution in [2.24, 2.45) is 0 Å². The Bertz CT molecular complexity index is 927. The molecular weight excluding hydrogens is 418 g/mol. The summed E-state index contributed by atoms with van der Waals surface area (Å²) in [6.45, 7) is 8.85. The van der Waals surface area contributed by atoms with Crippen LogP contribution in [-0.2, 0) is 16.1 Å². The number of hydrogen-bond acceptors (Lipinski definition) is 5. The zero-order chi connectivity index (χ0) is 23.8. The van der Waals surface area contributed by atoms with E-state index in [0.717, 1.165) is 36.8 Å². The Morgan fingerprint density at radius 3 is 2.58 bits per heavy atom. The number of pyridine rings is 1. The number of carbonyl (C=O) groups excluding carboxylic acids is 2. The van der Waals surface area contributed by atoms with E-state index >= 15 is 0 Å². The van der Waals surface area contributed by atoms with Crippen LogP contribution in [0.4, 0.5) is 15.4 Å². The van der Waals surface area contributed by atoms with E-state index in [0.29, 0.717) is 18.9 Å². The van der Waals surface area contributed by atoms with Crippen LogP contribution >= 0.6 is 0 Å². The molecule has 7 heteroatoms. The summed E-state index contributed by atoms with van der Waals surface area (Å²) in [5.41, 5.74) is 1.17. The molecule has 7 nitrogen and oxygen atoms in total. The normalized spacial score (nSPS) is 16.2. The van der Waals surface area contributed by atoms with Gasteiger partial charge in [0.1, 0.15) is 18.0 Å². The van der Waals surface area contributed by atoms with Gasteiger partial charge in [-0.1, -0.05) is 43.3 Å². The number of likely N-dealkylation sites (tertiary alicyclic amines) is 1. The number of anilines is 1. The van der Waals surface area contributed by atoms with Gasteiger partial charge in [-0.25, -0.2) is 14.6 Å². The van der Waals surface area contributed by atoms with Gasteiger partial charge in [0.25, 0.3) is 0 Å². The quantitative estimate of drug-likeness (QED) is 0.529. The lowest BCUT2D eigenvalue weighted by Gasteiger charge is -2.37. The van der Waals surface area contributed by atoms with Crippen molar-refractivity contribution in [3.63, 3.8) is 0 Å². The van der Waals surface area contributed by atoms with Crippen LogP contribution in [0.1, 0.15) is 70.5 Å². The third kappa shape index (κ3) is 6.70. The first-order chi connectivity index (χ1) is 15.8. The topological polar surface area (TPSA) is 72.0 Å². The molecule has 0 aliphatic carbocycles. The average molecular weight is 454 g/mol. The summed E-state index contributed by atoms with van der Waals surface area (Å²) in [4.78, 5) is 34.0. The van der Waals surface area contributed by atoms with Crippen LogP contribution < -0.4 is 4.90 Å². The van der Waals surface area contributed by atoms with E-state index < -0.39 is 11.7 Å². The highest BCUT2D eigenvalue weighted by Gasteiger charge is 2.34. The molecule has 1 saturated heterocycles. The van der Waals surface area contributed by atoms with Gasteiger partial charge < -0.3 is 14.4 Å². The van der Waals surface area contributed by atoms with Gasteiger partial charge in [-0.2, -0.15) is 0 Å². The van der Waals surface area contributed by atoms with Crippen LogP contribution in [0.15, 0.2) is 48.7 Å². The lowest BCUT2D eigenvalue weighted by Crippen LogP contribution is -2.41. The smallest absolute Gasteiger partial charge is 0.416 e. The largest absolute Gasteiger partial charge is 0.445 e. The molecule has 1 fully saturated rings. The Morgan fingerprint density at radius 1 is 1.12 bits per heavy atom. The summed E-state index contributed by atoms with van der Waals surface area (Å²) in [7, 11) is 0. The molecule has 1 aliphatic heterocycles. The van der Waals surface area contributed by atoms with Crippen molar-refractivity contribution in [2.45, 2.75) is 71.6 Å². The second-order valence-corrected chi connectivity index (χ2v) is 9.29. The molecule has 0 bridgehead atoms. The van der Waals surface area contributed by atoms with Gasteiger partial charge in [0.15, 0.2) is 0 Å². The maximum atomic E-state index is 13.1. The zero-order valence-corrected chi connectivity index (χ0v) is 20.1. The molecular formula is C26H35N3O4. The van der Waals surface area contributed by atoms with Gasteiger partial charge in [0, 0.05) is 24.8 Å². The minimum atomic E-state index is -0.615. The first kappa shape index (κ1) is 24.6. The summed E-state index contributed by atoms with van der Waals surface area (Å²) in [5, 5.41) is 0. The lowest BCUT2D eigenvalue weighted by molar-refractivity contribution is 0.0577. The Balaban J connectivity index is 1.85. The van der Waals surface area contributed by atoms with E-state index in [1.54, 1.807) is 16.0 Å². The molecule has 0 unspecified atom stereocenters. The zero-order valence-electron chi connectivity index (χ0n) is 20.1. The number of amides is 2. The van der Waals surface area contributed by atoms with Crippen molar-refractivity contribution in [1.29, 1.82) is 0 Å². The van der Waals surface area contributed by atoms with Crippen LogP contribution in [0.25, 0.3) is 0 Å². The maximum absolute atomic E-state index is 13.1. The molecule has 33 heavy (non-hydrogen) atoms. The van der Waals surface area contributed by atoms with Crippen LogP contribution in [0.3, 0.4) is 0 Å². The highest BCUT2D eigenvalue weighted by Crippen LogP contribution is 2.36. The van der Waals surface area contributed by atoms with Crippen LogP contribution in [0.5, 0.6) is 0 Å². The van der Waals surface area contributed by atoms with Crippen molar-refractivity contribution in [2.75, 3.05) is 18.0 Å². The van der Waals surface area contributed by atoms with Crippen molar-refractivity contribution >= 4 is 18.0 Å². The number of aromatic nitrogens is 1. The standard InChI is InChI=1S/C26H35N3O4/c1-5-17-29(25(31)33-26(2,3)4)23-21(14-11-16-27-23)22-15-9-10-18-28(22)24(30)32-19-20-12-7-6-8-13-20/h6-8,11-14,16,22H,5,9-10,15,17-19H2,1-4H3/t22-/m0/s1. The molecule has 0 radical (unpaired) electrons. The molecule has 2 aromatic rings. The number of carbonyl (C=O) groups is 2. The fourth-order valence-corrected chi connectivity index (χ4v) is 3.99. The van der Waals surface area contributed by atoms with Gasteiger partial charge in [-0.3, -0.25) is 4.90 Å². The van der Waals surface area contributed by atoms with E-state index in [1.807, 2.05) is 70.2 Å². The van der Waals surface area contributed by atoms with E-state index in [1.165, 1.54) is 0 Å². The Kier molecular flexibility index (Phi) is 8.31. The summed E-state index contributed by atoms with van der Waals surface area (Å²) in [6.07, 6.45) is 4.33. The van der Waals surface area contributed by atoms with E-state index in [2.05, 4.69) is 4.98 Å². The van der Waals surface area contributed by atoms with Gasteiger partial charge in [-0.05, 0) is 58.1 Å². The molecule has 178 valence electrons. The fourth-order valence-electron chi connectivity index (χ4n) is 3.99. The van der Waals surface area contributed by atoms with E-state index in [4.69, 9.17) is 9.47 Å². The first-order valence-electron chi connectivity index (χ1n) is 11.7. The number of piperidine rings is 1. The average Bonchev–Trinajstić information content (AvgIpc) is 2.80. The van der Waals surface area contributed by atoms with Crippen LogP contribution in [0.2, 0.25) is 0 Å². The molecule has 1 aliphatic rings. The number of rotatable bonds is 6. The second-order valence-electron chi connectivity index (χ2n) is 9.29. The monoisotopic (exact) mass is 453 g/mol. The van der Waals surface area contributed by atoms with Crippen LogP contribution in [0, 0.1) is 0 Å². The summed E-state index contributed by atoms with van der Waals surface area (Å²) in [5.74, 6) is 0.543. The third-order valence-corrected chi connectivity index (χ3v) is 5.44. The molecule has 1 aromatic heterocycles. The lowest BCUT2D eigenvalue weighted by atomic mass is 9.95. The summed E-state index contributed by atoms with van der Waals surface area (Å²) >= 11 is 0. The Morgan fingerprint density at radius 2 is 1.88 bits per heavy atom.